The molecule has 0 fully saturated rings. The minimum absolute atomic E-state index is 0.420. The molecule has 0 radical (unpaired) electrons. The summed E-state index contributed by atoms with van der Waals surface area (Å²) >= 11 is 20.9. The molecule has 1 aromatic heterocycles. The smallest absolute Gasteiger partial charge is 0.176 e. The molecule has 1 heterocycles. The maximum absolute atomic E-state index is 6.07. The molecule has 0 aliphatic carbocycles. The molecule has 0 unspecified atom stereocenters. The van der Waals surface area contributed by atoms with Crippen molar-refractivity contribution in [3.05, 3.63) is 68.7 Å². The summed E-state index contributed by atoms with van der Waals surface area (Å²) < 4.78 is 7.77. The maximum Gasteiger partial charge on any atom is 0.176 e. The van der Waals surface area contributed by atoms with Crippen molar-refractivity contribution in [3.63, 3.8) is 0 Å². The SMILES string of the molecule is COc1cccc(NC(=S)Nc2nn(Cc3ccc(Cl)c(Cl)c3)cc2Br)c1. The number of rotatable bonds is 5. The average Bonchev–Trinajstić information content (AvgIpc) is 2.97. The van der Waals surface area contributed by atoms with Crippen molar-refractivity contribution in [2.24, 2.45) is 0 Å². The Morgan fingerprint density at radius 3 is 2.74 bits per heavy atom. The van der Waals surface area contributed by atoms with Gasteiger partial charge in [0.1, 0.15) is 5.75 Å². The summed E-state index contributed by atoms with van der Waals surface area (Å²) in [7, 11) is 1.62. The van der Waals surface area contributed by atoms with Crippen LogP contribution in [-0.2, 0) is 6.54 Å². The molecule has 0 bridgehead atoms. The van der Waals surface area contributed by atoms with Crippen LogP contribution in [0.5, 0.6) is 5.75 Å². The van der Waals surface area contributed by atoms with Crippen molar-refractivity contribution in [2.45, 2.75) is 6.54 Å². The van der Waals surface area contributed by atoms with E-state index in [0.29, 0.717) is 27.5 Å². The quantitative estimate of drug-likeness (QED) is 0.446. The van der Waals surface area contributed by atoms with Gasteiger partial charge in [0.05, 0.1) is 28.2 Å². The van der Waals surface area contributed by atoms with E-state index in [1.165, 1.54) is 0 Å². The van der Waals surface area contributed by atoms with Gasteiger partial charge in [-0.05, 0) is 58.0 Å². The molecule has 0 aliphatic rings. The van der Waals surface area contributed by atoms with Crippen molar-refractivity contribution in [3.8, 4) is 5.75 Å². The van der Waals surface area contributed by atoms with Gasteiger partial charge in [-0.15, -0.1) is 0 Å². The molecular formula is C18H15BrCl2N4OS. The first kappa shape index (κ1) is 19.9. The Morgan fingerprint density at radius 2 is 2.00 bits per heavy atom. The highest BCUT2D eigenvalue weighted by Gasteiger charge is 2.10. The van der Waals surface area contributed by atoms with Gasteiger partial charge in [0.25, 0.3) is 0 Å². The summed E-state index contributed by atoms with van der Waals surface area (Å²) in [5.74, 6) is 1.35. The second-order valence-corrected chi connectivity index (χ2v) is 7.66. The Bertz CT molecular complexity index is 980. The van der Waals surface area contributed by atoms with Crippen LogP contribution in [0.2, 0.25) is 10.0 Å². The standard InChI is InChI=1S/C18H15BrCl2N4OS/c1-26-13-4-2-3-12(8-13)22-18(27)23-17-14(19)10-25(24-17)9-11-5-6-15(20)16(21)7-11/h2-8,10H,9H2,1H3,(H2,22,23,24,27). The van der Waals surface area contributed by atoms with Gasteiger partial charge in [-0.1, -0.05) is 35.3 Å². The van der Waals surface area contributed by atoms with Crippen LogP contribution in [0.4, 0.5) is 11.5 Å². The van der Waals surface area contributed by atoms with E-state index in [9.17, 15) is 0 Å². The van der Waals surface area contributed by atoms with Gasteiger partial charge in [-0.3, -0.25) is 4.68 Å². The van der Waals surface area contributed by atoms with Gasteiger partial charge in [0.2, 0.25) is 0 Å². The fraction of sp³-hybridized carbons (Fsp3) is 0.111. The van der Waals surface area contributed by atoms with Crippen LogP contribution >= 0.6 is 51.3 Å². The number of hydrogen-bond donors (Lipinski definition) is 2. The number of methoxy groups -OCH3 is 1. The largest absolute Gasteiger partial charge is 0.497 e. The van der Waals surface area contributed by atoms with Gasteiger partial charge >= 0.3 is 0 Å². The van der Waals surface area contributed by atoms with E-state index in [0.717, 1.165) is 21.5 Å². The second kappa shape index (κ2) is 8.93. The maximum atomic E-state index is 6.07. The lowest BCUT2D eigenvalue weighted by atomic mass is 10.2. The molecule has 0 aliphatic heterocycles. The fourth-order valence-corrected chi connectivity index (χ4v) is 3.31. The van der Waals surface area contributed by atoms with E-state index in [1.54, 1.807) is 17.9 Å². The zero-order valence-corrected chi connectivity index (χ0v) is 18.1. The summed E-state index contributed by atoms with van der Waals surface area (Å²) in [6.07, 6.45) is 1.86. The minimum atomic E-state index is 0.420. The Hall–Kier alpha value is -1.80. The molecular weight excluding hydrogens is 471 g/mol. The highest BCUT2D eigenvalue weighted by Crippen LogP contribution is 2.25. The lowest BCUT2D eigenvalue weighted by Gasteiger charge is -2.10. The molecule has 5 nitrogen and oxygen atoms in total. The Morgan fingerprint density at radius 1 is 1.19 bits per heavy atom. The van der Waals surface area contributed by atoms with E-state index >= 15 is 0 Å². The van der Waals surface area contributed by atoms with Gasteiger partial charge in [0, 0.05) is 18.0 Å². The van der Waals surface area contributed by atoms with Crippen molar-refractivity contribution >= 4 is 68.0 Å². The monoisotopic (exact) mass is 484 g/mol. The number of thiocarbonyl (C=S) groups is 1. The molecule has 0 atom stereocenters. The number of halogens is 3. The topological polar surface area (TPSA) is 51.1 Å². The van der Waals surface area contributed by atoms with E-state index in [1.807, 2.05) is 42.6 Å². The summed E-state index contributed by atoms with van der Waals surface area (Å²) in [4.78, 5) is 0. The first-order valence-corrected chi connectivity index (χ1v) is 9.79. The zero-order valence-electron chi connectivity index (χ0n) is 14.2. The lowest BCUT2D eigenvalue weighted by molar-refractivity contribution is 0.415. The van der Waals surface area contributed by atoms with Crippen LogP contribution in [0.15, 0.2) is 53.1 Å². The van der Waals surface area contributed by atoms with E-state index in [4.69, 9.17) is 40.2 Å². The third-order valence-electron chi connectivity index (χ3n) is 3.61. The van der Waals surface area contributed by atoms with E-state index in [-0.39, 0.29) is 0 Å². The van der Waals surface area contributed by atoms with Crippen LogP contribution in [-0.4, -0.2) is 22.0 Å². The van der Waals surface area contributed by atoms with Gasteiger partial charge < -0.3 is 15.4 Å². The Kier molecular flexibility index (Phi) is 6.59. The van der Waals surface area contributed by atoms with Crippen LogP contribution < -0.4 is 15.4 Å². The van der Waals surface area contributed by atoms with Crippen molar-refractivity contribution in [1.29, 1.82) is 0 Å². The first-order chi connectivity index (χ1) is 12.9. The number of ether oxygens (including phenoxy) is 1. The Labute approximate surface area is 180 Å². The third-order valence-corrected chi connectivity index (χ3v) is 5.13. The molecule has 3 rings (SSSR count). The molecule has 0 saturated carbocycles. The van der Waals surface area contributed by atoms with Gasteiger partial charge in [-0.25, -0.2) is 0 Å². The van der Waals surface area contributed by atoms with Crippen LogP contribution in [0.25, 0.3) is 0 Å². The Balaban J connectivity index is 1.66. The molecule has 0 spiro atoms. The number of anilines is 2. The average molecular weight is 486 g/mol. The number of benzene rings is 2. The van der Waals surface area contributed by atoms with Crippen LogP contribution in [0.1, 0.15) is 5.56 Å². The highest BCUT2D eigenvalue weighted by molar-refractivity contribution is 9.10. The second-order valence-electron chi connectivity index (χ2n) is 5.58. The van der Waals surface area contributed by atoms with Gasteiger partial charge in [-0.2, -0.15) is 5.10 Å². The molecule has 0 saturated heterocycles. The normalized spacial score (nSPS) is 10.5. The zero-order chi connectivity index (χ0) is 19.4. The number of nitrogens with one attached hydrogen (secondary N) is 2. The molecule has 2 aromatic carbocycles. The molecule has 3 aromatic rings. The molecule has 27 heavy (non-hydrogen) atoms. The van der Waals surface area contributed by atoms with E-state index < -0.39 is 0 Å². The van der Waals surface area contributed by atoms with Crippen molar-refractivity contribution in [1.82, 2.24) is 9.78 Å². The number of aromatic nitrogens is 2. The first-order valence-electron chi connectivity index (χ1n) is 7.83. The fourth-order valence-electron chi connectivity index (χ4n) is 2.36. The van der Waals surface area contributed by atoms with Crippen LogP contribution in [0.3, 0.4) is 0 Å². The number of hydrogen-bond acceptors (Lipinski definition) is 3. The summed E-state index contributed by atoms with van der Waals surface area (Å²) in [5.41, 5.74) is 1.81. The summed E-state index contributed by atoms with van der Waals surface area (Å²) in [6.45, 7) is 0.549. The summed E-state index contributed by atoms with van der Waals surface area (Å²) in [6, 6.07) is 13.0. The molecule has 9 heteroatoms. The predicted octanol–water partition coefficient (Wildman–Crippen LogP) is 5.82. The third kappa shape index (κ3) is 5.35. The predicted molar refractivity (Wildman–Crippen MR) is 118 cm³/mol. The summed E-state index contributed by atoms with van der Waals surface area (Å²) in [5, 5.41) is 12.1. The van der Waals surface area contributed by atoms with E-state index in [2.05, 4.69) is 31.7 Å². The van der Waals surface area contributed by atoms with Crippen LogP contribution in [0, 0.1) is 0 Å². The van der Waals surface area contributed by atoms with Crippen molar-refractivity contribution < 1.29 is 4.74 Å². The van der Waals surface area contributed by atoms with Crippen molar-refractivity contribution in [2.75, 3.05) is 17.7 Å². The lowest BCUT2D eigenvalue weighted by Crippen LogP contribution is -2.19. The molecule has 2 N–H and O–H groups in total. The minimum Gasteiger partial charge on any atom is -0.497 e. The molecule has 0 amide bonds. The highest BCUT2D eigenvalue weighted by atomic mass is 79.9. The van der Waals surface area contributed by atoms with Gasteiger partial charge in [0.15, 0.2) is 10.9 Å². The number of nitrogens with zero attached hydrogens (tertiary/aromatic N) is 2. The molecule has 140 valence electrons.